The molecule has 3 rings (SSSR count). The Morgan fingerprint density at radius 1 is 1.05 bits per heavy atom. The van der Waals surface area contributed by atoms with Crippen molar-refractivity contribution in [3.63, 3.8) is 0 Å². The van der Waals surface area contributed by atoms with E-state index in [9.17, 15) is 5.11 Å². The highest BCUT2D eigenvalue weighted by molar-refractivity contribution is 5.30. The van der Waals surface area contributed by atoms with Crippen LogP contribution < -0.4 is 0 Å². The Labute approximate surface area is 114 Å². The molecule has 0 radical (unpaired) electrons. The van der Waals surface area contributed by atoms with Gasteiger partial charge in [0.15, 0.2) is 0 Å². The number of aromatic hydroxyl groups is 1. The first kappa shape index (κ1) is 12.2. The Hall–Kier alpha value is -1.80. The molecule has 98 valence electrons. The summed E-state index contributed by atoms with van der Waals surface area (Å²) in [4.78, 5) is 2.50. The van der Waals surface area contributed by atoms with Gasteiger partial charge in [-0.05, 0) is 42.6 Å². The molecule has 2 nitrogen and oxygen atoms in total. The number of phenols is 1. The van der Waals surface area contributed by atoms with Crippen molar-refractivity contribution in [2.24, 2.45) is 0 Å². The van der Waals surface area contributed by atoms with Crippen LogP contribution in [0.2, 0.25) is 0 Å². The second-order valence-corrected chi connectivity index (χ2v) is 5.21. The minimum absolute atomic E-state index is 0.365. The van der Waals surface area contributed by atoms with Gasteiger partial charge >= 0.3 is 0 Å². The molecule has 2 aromatic rings. The molecule has 1 atom stereocenters. The van der Waals surface area contributed by atoms with Crippen molar-refractivity contribution in [1.29, 1.82) is 0 Å². The normalized spacial score (nSPS) is 19.7. The van der Waals surface area contributed by atoms with Crippen molar-refractivity contribution in [3.8, 4) is 5.75 Å². The lowest BCUT2D eigenvalue weighted by molar-refractivity contribution is 0.248. The van der Waals surface area contributed by atoms with Crippen molar-refractivity contribution < 1.29 is 5.11 Å². The number of hydrogen-bond donors (Lipinski definition) is 1. The van der Waals surface area contributed by atoms with E-state index in [0.29, 0.717) is 11.8 Å². The number of rotatable bonds is 3. The van der Waals surface area contributed by atoms with E-state index in [1.807, 2.05) is 12.1 Å². The van der Waals surface area contributed by atoms with Gasteiger partial charge in [0, 0.05) is 12.6 Å². The van der Waals surface area contributed by atoms with E-state index in [1.165, 1.54) is 24.0 Å². The van der Waals surface area contributed by atoms with Crippen molar-refractivity contribution >= 4 is 0 Å². The smallest absolute Gasteiger partial charge is 0.115 e. The van der Waals surface area contributed by atoms with E-state index < -0.39 is 0 Å². The van der Waals surface area contributed by atoms with E-state index in [2.05, 4.69) is 41.3 Å². The van der Waals surface area contributed by atoms with Gasteiger partial charge in [-0.3, -0.25) is 4.90 Å². The van der Waals surface area contributed by atoms with Crippen molar-refractivity contribution in [1.82, 2.24) is 4.90 Å². The molecule has 2 aromatic carbocycles. The van der Waals surface area contributed by atoms with Gasteiger partial charge in [-0.15, -0.1) is 0 Å². The molecule has 1 saturated heterocycles. The lowest BCUT2D eigenvalue weighted by atomic mass is 10.0. The van der Waals surface area contributed by atoms with E-state index in [1.54, 1.807) is 6.07 Å². The summed E-state index contributed by atoms with van der Waals surface area (Å²) in [5.74, 6) is 0.365. The summed E-state index contributed by atoms with van der Waals surface area (Å²) >= 11 is 0. The number of phenolic OH excluding ortho intramolecular Hbond substituents is 1. The third-order valence-corrected chi connectivity index (χ3v) is 3.85. The summed E-state index contributed by atoms with van der Waals surface area (Å²) in [5, 5.41) is 9.63. The predicted octanol–water partition coefficient (Wildman–Crippen LogP) is 3.73. The molecule has 0 aromatic heterocycles. The standard InChI is InChI=1S/C17H19NO/c19-16-9-4-8-15(12-16)17-10-5-11-18(17)13-14-6-2-1-3-7-14/h1-4,6-9,12,17,19H,5,10-11,13H2. The minimum atomic E-state index is 0.365. The van der Waals surface area contributed by atoms with Crippen LogP contribution in [0, 0.1) is 0 Å². The Kier molecular flexibility index (Phi) is 3.51. The highest BCUT2D eigenvalue weighted by Crippen LogP contribution is 2.34. The Morgan fingerprint density at radius 3 is 2.68 bits per heavy atom. The van der Waals surface area contributed by atoms with Gasteiger partial charge < -0.3 is 5.11 Å². The SMILES string of the molecule is Oc1cccc(C2CCCN2Cc2ccccc2)c1. The summed E-state index contributed by atoms with van der Waals surface area (Å²) in [6, 6.07) is 18.7. The minimum Gasteiger partial charge on any atom is -0.508 e. The number of nitrogens with zero attached hydrogens (tertiary/aromatic N) is 1. The molecule has 0 amide bonds. The first-order valence-electron chi connectivity index (χ1n) is 6.90. The number of benzene rings is 2. The summed E-state index contributed by atoms with van der Waals surface area (Å²) in [7, 11) is 0. The average Bonchev–Trinajstić information content (AvgIpc) is 2.88. The van der Waals surface area contributed by atoms with Gasteiger partial charge in [-0.2, -0.15) is 0 Å². The average molecular weight is 253 g/mol. The van der Waals surface area contributed by atoms with Crippen LogP contribution in [-0.2, 0) is 6.54 Å². The molecule has 1 aliphatic heterocycles. The molecular formula is C17H19NO. The molecule has 1 heterocycles. The van der Waals surface area contributed by atoms with Gasteiger partial charge in [0.2, 0.25) is 0 Å². The molecule has 0 spiro atoms. The topological polar surface area (TPSA) is 23.5 Å². The Morgan fingerprint density at radius 2 is 1.89 bits per heavy atom. The third-order valence-electron chi connectivity index (χ3n) is 3.85. The second kappa shape index (κ2) is 5.45. The Balaban J connectivity index is 1.78. The van der Waals surface area contributed by atoms with E-state index >= 15 is 0 Å². The van der Waals surface area contributed by atoms with Crippen molar-refractivity contribution in [2.75, 3.05) is 6.54 Å². The third kappa shape index (κ3) is 2.79. The van der Waals surface area contributed by atoms with Crippen LogP contribution in [0.3, 0.4) is 0 Å². The molecule has 0 aliphatic carbocycles. The quantitative estimate of drug-likeness (QED) is 0.901. The fourth-order valence-electron chi connectivity index (χ4n) is 2.94. The molecule has 1 aliphatic rings. The van der Waals surface area contributed by atoms with E-state index in [0.717, 1.165) is 13.1 Å². The number of likely N-dealkylation sites (tertiary alicyclic amines) is 1. The zero-order chi connectivity index (χ0) is 13.1. The number of hydrogen-bond acceptors (Lipinski definition) is 2. The fraction of sp³-hybridized carbons (Fsp3) is 0.294. The first-order chi connectivity index (χ1) is 9.33. The Bertz CT molecular complexity index is 538. The van der Waals surface area contributed by atoms with Gasteiger partial charge in [-0.25, -0.2) is 0 Å². The van der Waals surface area contributed by atoms with Gasteiger partial charge in [0.05, 0.1) is 0 Å². The molecular weight excluding hydrogens is 234 g/mol. The zero-order valence-electron chi connectivity index (χ0n) is 11.0. The lowest BCUT2D eigenvalue weighted by Crippen LogP contribution is -2.22. The summed E-state index contributed by atoms with van der Waals surface area (Å²) in [5.41, 5.74) is 2.59. The van der Waals surface area contributed by atoms with Crippen LogP contribution in [0.1, 0.15) is 30.0 Å². The van der Waals surface area contributed by atoms with Gasteiger partial charge in [0.1, 0.15) is 5.75 Å². The summed E-state index contributed by atoms with van der Waals surface area (Å²) in [6.45, 7) is 2.12. The first-order valence-corrected chi connectivity index (χ1v) is 6.90. The van der Waals surface area contributed by atoms with Crippen molar-refractivity contribution in [3.05, 3.63) is 65.7 Å². The monoisotopic (exact) mass is 253 g/mol. The van der Waals surface area contributed by atoms with Gasteiger partial charge in [-0.1, -0.05) is 42.5 Å². The van der Waals surface area contributed by atoms with Crippen LogP contribution in [-0.4, -0.2) is 16.6 Å². The fourth-order valence-corrected chi connectivity index (χ4v) is 2.94. The molecule has 19 heavy (non-hydrogen) atoms. The molecule has 1 unspecified atom stereocenters. The van der Waals surface area contributed by atoms with E-state index in [-0.39, 0.29) is 0 Å². The highest BCUT2D eigenvalue weighted by atomic mass is 16.3. The van der Waals surface area contributed by atoms with Crippen molar-refractivity contribution in [2.45, 2.75) is 25.4 Å². The maximum atomic E-state index is 9.63. The highest BCUT2D eigenvalue weighted by Gasteiger charge is 2.25. The van der Waals surface area contributed by atoms with Crippen LogP contribution in [0.15, 0.2) is 54.6 Å². The molecule has 0 saturated carbocycles. The zero-order valence-corrected chi connectivity index (χ0v) is 11.0. The molecule has 0 bridgehead atoms. The molecule has 1 N–H and O–H groups in total. The molecule has 2 heteroatoms. The maximum Gasteiger partial charge on any atom is 0.115 e. The second-order valence-electron chi connectivity index (χ2n) is 5.21. The predicted molar refractivity (Wildman–Crippen MR) is 76.9 cm³/mol. The van der Waals surface area contributed by atoms with Crippen LogP contribution in [0.5, 0.6) is 5.75 Å². The lowest BCUT2D eigenvalue weighted by Gasteiger charge is -2.25. The summed E-state index contributed by atoms with van der Waals surface area (Å²) in [6.07, 6.45) is 2.41. The van der Waals surface area contributed by atoms with Crippen LogP contribution >= 0.6 is 0 Å². The summed E-state index contributed by atoms with van der Waals surface area (Å²) < 4.78 is 0. The van der Waals surface area contributed by atoms with Crippen LogP contribution in [0.25, 0.3) is 0 Å². The van der Waals surface area contributed by atoms with E-state index in [4.69, 9.17) is 0 Å². The maximum absolute atomic E-state index is 9.63. The molecule has 1 fully saturated rings. The van der Waals surface area contributed by atoms with Crippen LogP contribution in [0.4, 0.5) is 0 Å². The van der Waals surface area contributed by atoms with Gasteiger partial charge in [0.25, 0.3) is 0 Å². The largest absolute Gasteiger partial charge is 0.508 e.